The highest BCUT2D eigenvalue weighted by atomic mass is 19.3. The van der Waals surface area contributed by atoms with Crippen molar-refractivity contribution in [3.05, 3.63) is 29.6 Å². The molecule has 98 valence electrons. The molecule has 1 aromatic carbocycles. The summed E-state index contributed by atoms with van der Waals surface area (Å²) in [6.45, 7) is -0.0477. The van der Waals surface area contributed by atoms with Crippen LogP contribution in [0.4, 0.5) is 18.9 Å². The summed E-state index contributed by atoms with van der Waals surface area (Å²) in [6.07, 6.45) is -3.07. The molecular formula is C11H12F3N3O. The van der Waals surface area contributed by atoms with Crippen molar-refractivity contribution in [1.82, 2.24) is 0 Å². The summed E-state index contributed by atoms with van der Waals surface area (Å²) in [7, 11) is 0. The van der Waals surface area contributed by atoms with Gasteiger partial charge in [-0.05, 0) is 18.2 Å². The average molecular weight is 259 g/mol. The molecule has 1 aliphatic heterocycles. The lowest BCUT2D eigenvalue weighted by atomic mass is 9.86. The first-order valence-corrected chi connectivity index (χ1v) is 5.27. The van der Waals surface area contributed by atoms with Crippen LogP contribution in [0.2, 0.25) is 0 Å². The number of alkyl halides is 2. The number of nitrogen functional groups attached to an aromatic ring is 1. The van der Waals surface area contributed by atoms with Crippen LogP contribution in [-0.4, -0.2) is 19.1 Å². The van der Waals surface area contributed by atoms with E-state index >= 15 is 0 Å². The zero-order valence-electron chi connectivity index (χ0n) is 9.37. The summed E-state index contributed by atoms with van der Waals surface area (Å²) in [5.41, 5.74) is 8.72. The van der Waals surface area contributed by atoms with Crippen molar-refractivity contribution in [3.8, 4) is 0 Å². The Hall–Kier alpha value is -1.92. The maximum atomic E-state index is 13.7. The first kappa shape index (κ1) is 12.5. The van der Waals surface area contributed by atoms with Crippen LogP contribution in [0.15, 0.2) is 23.2 Å². The van der Waals surface area contributed by atoms with Crippen LogP contribution in [0.1, 0.15) is 12.0 Å². The predicted molar refractivity (Wildman–Crippen MR) is 60.7 cm³/mol. The number of nitrogens with zero attached hydrogens (tertiary/aromatic N) is 1. The molecule has 0 saturated heterocycles. The van der Waals surface area contributed by atoms with Crippen LogP contribution in [0.3, 0.4) is 0 Å². The quantitative estimate of drug-likeness (QED) is 0.792. The molecule has 2 rings (SSSR count). The molecule has 0 fully saturated rings. The highest BCUT2D eigenvalue weighted by Gasteiger charge is 2.46. The number of aliphatic imine (C=N–C) groups is 1. The Morgan fingerprint density at radius 1 is 1.33 bits per heavy atom. The van der Waals surface area contributed by atoms with E-state index in [4.69, 9.17) is 16.2 Å². The van der Waals surface area contributed by atoms with Gasteiger partial charge in [0.25, 0.3) is 12.4 Å². The number of rotatable bonds is 2. The fourth-order valence-corrected chi connectivity index (χ4v) is 1.94. The van der Waals surface area contributed by atoms with E-state index in [-0.39, 0.29) is 30.3 Å². The Labute approximate surface area is 101 Å². The second-order valence-corrected chi connectivity index (χ2v) is 4.01. The zero-order chi connectivity index (χ0) is 13.3. The van der Waals surface area contributed by atoms with E-state index in [1.807, 2.05) is 0 Å². The van der Waals surface area contributed by atoms with Crippen LogP contribution in [-0.2, 0) is 10.3 Å². The lowest BCUT2D eigenvalue weighted by Gasteiger charge is -2.33. The smallest absolute Gasteiger partial charge is 0.283 e. The number of amidine groups is 1. The largest absolute Gasteiger partial charge is 0.465 e. The summed E-state index contributed by atoms with van der Waals surface area (Å²) >= 11 is 0. The van der Waals surface area contributed by atoms with Crippen molar-refractivity contribution in [2.75, 3.05) is 12.3 Å². The molecule has 0 saturated carbocycles. The second-order valence-electron chi connectivity index (χ2n) is 4.01. The number of halogens is 3. The minimum Gasteiger partial charge on any atom is -0.465 e. The number of hydrogen-bond donors (Lipinski definition) is 2. The molecule has 0 aliphatic carbocycles. The van der Waals surface area contributed by atoms with E-state index in [0.29, 0.717) is 0 Å². The number of ether oxygens (including phenoxy) is 1. The molecule has 1 unspecified atom stereocenters. The lowest BCUT2D eigenvalue weighted by Crippen LogP contribution is -2.41. The van der Waals surface area contributed by atoms with Crippen molar-refractivity contribution < 1.29 is 17.9 Å². The van der Waals surface area contributed by atoms with Gasteiger partial charge in [0.05, 0.1) is 6.61 Å². The van der Waals surface area contributed by atoms with Gasteiger partial charge in [0.15, 0.2) is 5.54 Å². The van der Waals surface area contributed by atoms with Gasteiger partial charge in [0.2, 0.25) is 0 Å². The second kappa shape index (κ2) is 4.40. The average Bonchev–Trinajstić information content (AvgIpc) is 2.32. The van der Waals surface area contributed by atoms with E-state index in [9.17, 15) is 13.2 Å². The minimum absolute atomic E-state index is 0.0477. The summed E-state index contributed by atoms with van der Waals surface area (Å²) in [4.78, 5) is 3.61. The molecule has 0 radical (unpaired) electrons. The van der Waals surface area contributed by atoms with Gasteiger partial charge in [-0.3, -0.25) is 0 Å². The molecular weight excluding hydrogens is 247 g/mol. The molecule has 1 aliphatic rings. The molecule has 7 heteroatoms. The molecule has 1 heterocycles. The van der Waals surface area contributed by atoms with Crippen molar-refractivity contribution in [2.45, 2.75) is 18.4 Å². The van der Waals surface area contributed by atoms with E-state index in [1.54, 1.807) is 0 Å². The van der Waals surface area contributed by atoms with Crippen LogP contribution in [0.5, 0.6) is 0 Å². The topological polar surface area (TPSA) is 73.6 Å². The third kappa shape index (κ3) is 1.96. The van der Waals surface area contributed by atoms with Crippen LogP contribution in [0.25, 0.3) is 0 Å². The normalized spacial score (nSPS) is 23.7. The summed E-state index contributed by atoms with van der Waals surface area (Å²) < 4.78 is 45.2. The Bertz CT molecular complexity index is 492. The first-order chi connectivity index (χ1) is 8.45. The zero-order valence-corrected chi connectivity index (χ0v) is 9.37. The van der Waals surface area contributed by atoms with Crippen molar-refractivity contribution in [1.29, 1.82) is 0 Å². The Balaban J connectivity index is 2.61. The van der Waals surface area contributed by atoms with Gasteiger partial charge < -0.3 is 16.2 Å². The molecule has 4 nitrogen and oxygen atoms in total. The van der Waals surface area contributed by atoms with E-state index in [0.717, 1.165) is 12.1 Å². The van der Waals surface area contributed by atoms with E-state index in [2.05, 4.69) is 4.99 Å². The van der Waals surface area contributed by atoms with Gasteiger partial charge >= 0.3 is 0 Å². The highest BCUT2D eigenvalue weighted by molar-refractivity contribution is 5.73. The van der Waals surface area contributed by atoms with E-state index < -0.39 is 17.8 Å². The number of nitrogens with two attached hydrogens (primary N) is 2. The summed E-state index contributed by atoms with van der Waals surface area (Å²) in [5.74, 6) is -0.789. The predicted octanol–water partition coefficient (Wildman–Crippen LogP) is 1.60. The Kier molecular flexibility index (Phi) is 3.06. The molecule has 4 N–H and O–H groups in total. The highest BCUT2D eigenvalue weighted by Crippen LogP contribution is 2.40. The van der Waals surface area contributed by atoms with Gasteiger partial charge in [-0.1, -0.05) is 0 Å². The number of benzene rings is 1. The molecule has 0 spiro atoms. The van der Waals surface area contributed by atoms with Gasteiger partial charge in [-0.25, -0.2) is 18.2 Å². The molecule has 1 atom stereocenters. The standard InChI is InChI=1S/C11H12F3N3O/c12-8-2-1-6(15)5-7(8)11(9(13)14)3-4-18-10(16)17-11/h1-2,5,9H,3-4,15H2,(H2,16,17). The molecule has 18 heavy (non-hydrogen) atoms. The minimum atomic E-state index is -2.91. The van der Waals surface area contributed by atoms with Crippen LogP contribution >= 0.6 is 0 Å². The van der Waals surface area contributed by atoms with Crippen molar-refractivity contribution in [2.24, 2.45) is 10.7 Å². The van der Waals surface area contributed by atoms with Gasteiger partial charge in [0.1, 0.15) is 5.82 Å². The Morgan fingerprint density at radius 2 is 2.06 bits per heavy atom. The lowest BCUT2D eigenvalue weighted by molar-refractivity contribution is 0.0247. The van der Waals surface area contributed by atoms with Crippen molar-refractivity contribution in [3.63, 3.8) is 0 Å². The third-order valence-electron chi connectivity index (χ3n) is 2.86. The molecule has 0 aromatic heterocycles. The monoisotopic (exact) mass is 259 g/mol. The maximum absolute atomic E-state index is 13.7. The maximum Gasteiger partial charge on any atom is 0.283 e. The SMILES string of the molecule is NC1=NC(c2cc(N)ccc2F)(C(F)F)CCO1. The fraction of sp³-hybridized carbons (Fsp3) is 0.364. The van der Waals surface area contributed by atoms with Gasteiger partial charge in [-0.15, -0.1) is 0 Å². The number of hydrogen-bond acceptors (Lipinski definition) is 4. The summed E-state index contributed by atoms with van der Waals surface area (Å²) in [6, 6.07) is 3.12. The Morgan fingerprint density at radius 3 is 2.67 bits per heavy atom. The van der Waals surface area contributed by atoms with E-state index in [1.165, 1.54) is 6.07 Å². The summed E-state index contributed by atoms with van der Waals surface area (Å²) in [5, 5.41) is 0. The first-order valence-electron chi connectivity index (χ1n) is 5.27. The molecule has 1 aromatic rings. The van der Waals surface area contributed by atoms with Crippen LogP contribution < -0.4 is 11.5 Å². The van der Waals surface area contributed by atoms with Crippen molar-refractivity contribution >= 4 is 11.7 Å². The van der Waals surface area contributed by atoms with Crippen LogP contribution in [0, 0.1) is 5.82 Å². The number of anilines is 1. The molecule has 0 amide bonds. The van der Waals surface area contributed by atoms with Gasteiger partial charge in [-0.2, -0.15) is 0 Å². The third-order valence-corrected chi connectivity index (χ3v) is 2.86. The fourth-order valence-electron chi connectivity index (χ4n) is 1.94. The molecule has 0 bridgehead atoms. The van der Waals surface area contributed by atoms with Gasteiger partial charge in [0, 0.05) is 17.7 Å².